The fourth-order valence-electron chi connectivity index (χ4n) is 1.49. The lowest BCUT2D eigenvalue weighted by Crippen LogP contribution is -2.10. The van der Waals surface area contributed by atoms with E-state index in [4.69, 9.17) is 11.7 Å². The van der Waals surface area contributed by atoms with E-state index in [0.717, 1.165) is 0 Å². The monoisotopic (exact) mass is 211 g/mol. The highest BCUT2D eigenvalue weighted by molar-refractivity contribution is 5.60. The van der Waals surface area contributed by atoms with E-state index in [1.807, 2.05) is 0 Å². The Hall–Kier alpha value is -2.53. The summed E-state index contributed by atoms with van der Waals surface area (Å²) < 4.78 is 1.57. The quantitative estimate of drug-likeness (QED) is 0.751. The fourth-order valence-corrected chi connectivity index (χ4v) is 1.49. The standard InChI is InChI=1S/C11H9N5/c1-3-5-13-11-9(7-12)8(2)15-10-4-6-14-16(10)11/h1,4,6,13H,5H2,2H3. The van der Waals surface area contributed by atoms with Crippen LogP contribution < -0.4 is 5.32 Å². The van der Waals surface area contributed by atoms with Gasteiger partial charge in [0.15, 0.2) is 11.5 Å². The first kappa shape index (κ1) is 10.0. The molecule has 0 spiro atoms. The molecular formula is C11H9N5. The van der Waals surface area contributed by atoms with Crippen molar-refractivity contribution in [3.63, 3.8) is 0 Å². The number of anilines is 1. The lowest BCUT2D eigenvalue weighted by atomic mass is 10.2. The number of hydrogen-bond acceptors (Lipinski definition) is 4. The Morgan fingerprint density at radius 2 is 2.44 bits per heavy atom. The summed E-state index contributed by atoms with van der Waals surface area (Å²) in [6, 6.07) is 3.87. The van der Waals surface area contributed by atoms with Crippen molar-refractivity contribution < 1.29 is 0 Å². The van der Waals surface area contributed by atoms with Crippen molar-refractivity contribution in [3.8, 4) is 18.4 Å². The van der Waals surface area contributed by atoms with Gasteiger partial charge in [0.25, 0.3) is 0 Å². The minimum absolute atomic E-state index is 0.340. The van der Waals surface area contributed by atoms with Crippen LogP contribution in [0, 0.1) is 30.6 Å². The number of aromatic nitrogens is 3. The lowest BCUT2D eigenvalue weighted by Gasteiger charge is -2.09. The van der Waals surface area contributed by atoms with Gasteiger partial charge in [-0.15, -0.1) is 6.42 Å². The van der Waals surface area contributed by atoms with Crippen LogP contribution in [0.2, 0.25) is 0 Å². The second-order valence-corrected chi connectivity index (χ2v) is 3.19. The number of nitrogens with one attached hydrogen (secondary N) is 1. The Kier molecular flexibility index (Phi) is 2.45. The molecule has 2 aromatic rings. The number of hydrogen-bond donors (Lipinski definition) is 1. The first-order chi connectivity index (χ1) is 7.77. The van der Waals surface area contributed by atoms with Crippen molar-refractivity contribution in [3.05, 3.63) is 23.5 Å². The zero-order valence-electron chi connectivity index (χ0n) is 8.73. The average molecular weight is 211 g/mol. The molecule has 0 aliphatic heterocycles. The van der Waals surface area contributed by atoms with Gasteiger partial charge in [0.05, 0.1) is 18.4 Å². The Balaban J connectivity index is 2.69. The Bertz CT molecular complexity index is 612. The Morgan fingerprint density at radius 3 is 3.12 bits per heavy atom. The van der Waals surface area contributed by atoms with E-state index in [0.29, 0.717) is 29.3 Å². The highest BCUT2D eigenvalue weighted by atomic mass is 15.3. The average Bonchev–Trinajstić information content (AvgIpc) is 2.72. The van der Waals surface area contributed by atoms with Crippen molar-refractivity contribution >= 4 is 11.5 Å². The largest absolute Gasteiger partial charge is 0.358 e. The molecule has 0 radical (unpaired) electrons. The highest BCUT2D eigenvalue weighted by Crippen LogP contribution is 2.18. The molecule has 5 heteroatoms. The maximum Gasteiger partial charge on any atom is 0.157 e. The van der Waals surface area contributed by atoms with Crippen LogP contribution in [0.4, 0.5) is 5.82 Å². The molecule has 0 unspecified atom stereocenters. The molecule has 2 aromatic heterocycles. The molecule has 0 aliphatic rings. The van der Waals surface area contributed by atoms with Crippen LogP contribution in [0.15, 0.2) is 12.3 Å². The molecule has 0 saturated heterocycles. The molecule has 0 saturated carbocycles. The smallest absolute Gasteiger partial charge is 0.157 e. The molecule has 2 heterocycles. The van der Waals surface area contributed by atoms with E-state index in [-0.39, 0.29) is 0 Å². The summed E-state index contributed by atoms with van der Waals surface area (Å²) in [4.78, 5) is 4.26. The summed E-state index contributed by atoms with van der Waals surface area (Å²) in [7, 11) is 0. The summed E-state index contributed by atoms with van der Waals surface area (Å²) in [6.45, 7) is 2.12. The van der Waals surface area contributed by atoms with Crippen LogP contribution in [0.3, 0.4) is 0 Å². The minimum Gasteiger partial charge on any atom is -0.358 e. The zero-order valence-corrected chi connectivity index (χ0v) is 8.73. The van der Waals surface area contributed by atoms with Gasteiger partial charge in [-0.3, -0.25) is 0 Å². The van der Waals surface area contributed by atoms with Gasteiger partial charge in [0, 0.05) is 6.07 Å². The molecule has 0 fully saturated rings. The number of terminal acetylenes is 1. The number of aryl methyl sites for hydroxylation is 1. The molecule has 0 amide bonds. The van der Waals surface area contributed by atoms with Crippen LogP contribution in [-0.2, 0) is 0 Å². The maximum atomic E-state index is 9.07. The van der Waals surface area contributed by atoms with E-state index in [2.05, 4.69) is 27.4 Å². The molecule has 78 valence electrons. The van der Waals surface area contributed by atoms with Crippen molar-refractivity contribution in [1.29, 1.82) is 5.26 Å². The molecule has 2 rings (SSSR count). The van der Waals surface area contributed by atoms with Gasteiger partial charge >= 0.3 is 0 Å². The predicted octanol–water partition coefficient (Wildman–Crippen LogP) is 0.954. The Morgan fingerprint density at radius 1 is 1.62 bits per heavy atom. The lowest BCUT2D eigenvalue weighted by molar-refractivity contribution is 0.924. The number of rotatable bonds is 2. The fraction of sp³-hybridized carbons (Fsp3) is 0.182. The predicted molar refractivity (Wildman–Crippen MR) is 59.8 cm³/mol. The summed E-state index contributed by atoms with van der Waals surface area (Å²) >= 11 is 0. The topological polar surface area (TPSA) is 66.0 Å². The van der Waals surface area contributed by atoms with Gasteiger partial charge in [0.1, 0.15) is 11.6 Å². The van der Waals surface area contributed by atoms with E-state index in [1.165, 1.54) is 0 Å². The number of nitriles is 1. The van der Waals surface area contributed by atoms with Crippen LogP contribution in [0.25, 0.3) is 5.65 Å². The van der Waals surface area contributed by atoms with Crippen molar-refractivity contribution in [1.82, 2.24) is 14.6 Å². The van der Waals surface area contributed by atoms with Crippen LogP contribution in [0.5, 0.6) is 0 Å². The SMILES string of the molecule is C#CCNc1c(C#N)c(C)nc2ccnn12. The molecule has 0 aliphatic carbocycles. The second kappa shape index (κ2) is 3.92. The maximum absolute atomic E-state index is 9.07. The normalized spacial score (nSPS) is 9.69. The molecule has 0 bridgehead atoms. The third kappa shape index (κ3) is 1.45. The van der Waals surface area contributed by atoms with Crippen LogP contribution in [-0.4, -0.2) is 21.1 Å². The van der Waals surface area contributed by atoms with Crippen LogP contribution in [0.1, 0.15) is 11.3 Å². The van der Waals surface area contributed by atoms with Crippen LogP contribution >= 0.6 is 0 Å². The molecular weight excluding hydrogens is 202 g/mol. The molecule has 1 N–H and O–H groups in total. The number of fused-ring (bicyclic) bond motifs is 1. The third-order valence-corrected chi connectivity index (χ3v) is 2.19. The van der Waals surface area contributed by atoms with Gasteiger partial charge in [-0.25, -0.2) is 4.98 Å². The van der Waals surface area contributed by atoms with E-state index < -0.39 is 0 Å². The van der Waals surface area contributed by atoms with Gasteiger partial charge in [-0.1, -0.05) is 5.92 Å². The summed E-state index contributed by atoms with van der Waals surface area (Å²) in [5, 5.41) is 16.2. The zero-order chi connectivity index (χ0) is 11.5. The van der Waals surface area contributed by atoms with Gasteiger partial charge in [-0.2, -0.15) is 14.9 Å². The summed E-state index contributed by atoms with van der Waals surface area (Å²) in [5.74, 6) is 3.05. The van der Waals surface area contributed by atoms with Gasteiger partial charge in [-0.05, 0) is 6.92 Å². The summed E-state index contributed by atoms with van der Waals surface area (Å²) in [6.07, 6.45) is 6.81. The van der Waals surface area contributed by atoms with Crippen molar-refractivity contribution in [2.24, 2.45) is 0 Å². The molecule has 16 heavy (non-hydrogen) atoms. The van der Waals surface area contributed by atoms with E-state index >= 15 is 0 Å². The third-order valence-electron chi connectivity index (χ3n) is 2.19. The number of nitrogens with zero attached hydrogens (tertiary/aromatic N) is 4. The van der Waals surface area contributed by atoms with E-state index in [9.17, 15) is 0 Å². The highest BCUT2D eigenvalue weighted by Gasteiger charge is 2.12. The molecule has 0 atom stereocenters. The molecule has 5 nitrogen and oxygen atoms in total. The first-order valence-corrected chi connectivity index (χ1v) is 4.69. The van der Waals surface area contributed by atoms with Crippen molar-refractivity contribution in [2.45, 2.75) is 6.92 Å². The van der Waals surface area contributed by atoms with Gasteiger partial charge < -0.3 is 5.32 Å². The van der Waals surface area contributed by atoms with Crippen molar-refractivity contribution in [2.75, 3.05) is 11.9 Å². The Labute approximate surface area is 92.7 Å². The van der Waals surface area contributed by atoms with E-state index in [1.54, 1.807) is 23.7 Å². The first-order valence-electron chi connectivity index (χ1n) is 4.69. The van der Waals surface area contributed by atoms with Gasteiger partial charge in [0.2, 0.25) is 0 Å². The minimum atomic E-state index is 0.340. The molecule has 0 aromatic carbocycles. The summed E-state index contributed by atoms with van der Waals surface area (Å²) in [5.41, 5.74) is 1.82. The second-order valence-electron chi connectivity index (χ2n) is 3.19.